The first kappa shape index (κ1) is 15.1. The third-order valence-corrected chi connectivity index (χ3v) is 3.58. The number of carboxylic acid groups (broad SMARTS) is 1. The molecule has 0 unspecified atom stereocenters. The lowest BCUT2D eigenvalue weighted by Gasteiger charge is -2.09. The molecule has 0 spiro atoms. The summed E-state index contributed by atoms with van der Waals surface area (Å²) >= 11 is 5.85. The minimum Gasteiger partial charge on any atom is -0.478 e. The molecule has 0 aliphatic heterocycles. The van der Waals surface area contributed by atoms with Gasteiger partial charge in [-0.15, -0.1) is 0 Å². The highest BCUT2D eigenvalue weighted by atomic mass is 35.5. The molecule has 5 heteroatoms. The summed E-state index contributed by atoms with van der Waals surface area (Å²) in [6, 6.07) is 16.5. The third-order valence-electron chi connectivity index (χ3n) is 3.34. The van der Waals surface area contributed by atoms with E-state index in [4.69, 9.17) is 16.3 Å². The molecule has 0 atom stereocenters. The fourth-order valence-corrected chi connectivity index (χ4v) is 2.44. The number of esters is 1. The molecule has 3 aromatic carbocycles. The van der Waals surface area contributed by atoms with Crippen molar-refractivity contribution in [1.29, 1.82) is 0 Å². The van der Waals surface area contributed by atoms with Gasteiger partial charge in [0.05, 0.1) is 5.56 Å². The molecule has 0 aliphatic carbocycles. The van der Waals surface area contributed by atoms with E-state index < -0.39 is 11.9 Å². The van der Waals surface area contributed by atoms with Gasteiger partial charge in [-0.25, -0.2) is 9.59 Å². The first-order valence-electron chi connectivity index (χ1n) is 6.78. The molecule has 0 heterocycles. The number of hydrogen-bond acceptors (Lipinski definition) is 3. The van der Waals surface area contributed by atoms with Crippen LogP contribution in [0.5, 0.6) is 5.75 Å². The van der Waals surface area contributed by atoms with Crippen LogP contribution in [0.3, 0.4) is 0 Å². The lowest BCUT2D eigenvalue weighted by atomic mass is 10.1. The molecule has 0 fully saturated rings. The summed E-state index contributed by atoms with van der Waals surface area (Å²) in [5.41, 5.74) is 0.182. The fourth-order valence-electron chi connectivity index (χ4n) is 2.25. The Balaban J connectivity index is 2.03. The molecular formula is C18H11ClO4. The molecule has 114 valence electrons. The number of carboxylic acids is 1. The van der Waals surface area contributed by atoms with Crippen LogP contribution in [-0.2, 0) is 0 Å². The van der Waals surface area contributed by atoms with Crippen molar-refractivity contribution in [2.45, 2.75) is 0 Å². The molecule has 3 aromatic rings. The number of ether oxygens (including phenoxy) is 1. The van der Waals surface area contributed by atoms with Gasteiger partial charge < -0.3 is 9.84 Å². The van der Waals surface area contributed by atoms with E-state index in [1.165, 1.54) is 12.1 Å². The Hall–Kier alpha value is -2.85. The van der Waals surface area contributed by atoms with Crippen LogP contribution in [0.4, 0.5) is 0 Å². The van der Waals surface area contributed by atoms with Crippen molar-refractivity contribution in [3.63, 3.8) is 0 Å². The predicted octanol–water partition coefficient (Wildman–Crippen LogP) is 4.41. The van der Waals surface area contributed by atoms with Crippen LogP contribution in [0.25, 0.3) is 10.8 Å². The van der Waals surface area contributed by atoms with Crippen LogP contribution >= 0.6 is 11.6 Å². The average Bonchev–Trinajstić information content (AvgIpc) is 2.54. The molecule has 23 heavy (non-hydrogen) atoms. The van der Waals surface area contributed by atoms with Gasteiger partial charge >= 0.3 is 11.9 Å². The van der Waals surface area contributed by atoms with Crippen LogP contribution in [0.2, 0.25) is 5.02 Å². The second-order valence-corrected chi connectivity index (χ2v) is 5.34. The van der Waals surface area contributed by atoms with Gasteiger partial charge in [-0.2, -0.15) is 0 Å². The Kier molecular flexibility index (Phi) is 4.00. The van der Waals surface area contributed by atoms with Crippen molar-refractivity contribution in [1.82, 2.24) is 0 Å². The van der Waals surface area contributed by atoms with Gasteiger partial charge in [0.25, 0.3) is 0 Å². The SMILES string of the molecule is O=C(Oc1cc2ccccc2cc1C(=O)O)c1cccc(Cl)c1. The lowest BCUT2D eigenvalue weighted by Crippen LogP contribution is -2.11. The quantitative estimate of drug-likeness (QED) is 0.572. The van der Waals surface area contributed by atoms with Crippen molar-refractivity contribution in [3.05, 3.63) is 76.8 Å². The Bertz CT molecular complexity index is 918. The second-order valence-electron chi connectivity index (χ2n) is 4.90. The molecular weight excluding hydrogens is 316 g/mol. The van der Waals surface area contributed by atoms with Crippen molar-refractivity contribution >= 4 is 34.3 Å². The van der Waals surface area contributed by atoms with Gasteiger partial charge in [0.2, 0.25) is 0 Å². The molecule has 0 aliphatic rings. The molecule has 0 amide bonds. The fraction of sp³-hybridized carbons (Fsp3) is 0. The smallest absolute Gasteiger partial charge is 0.343 e. The van der Waals surface area contributed by atoms with Crippen LogP contribution in [-0.4, -0.2) is 17.0 Å². The van der Waals surface area contributed by atoms with Crippen molar-refractivity contribution in [2.75, 3.05) is 0 Å². The summed E-state index contributed by atoms with van der Waals surface area (Å²) < 4.78 is 5.28. The number of halogens is 1. The van der Waals surface area contributed by atoms with E-state index in [2.05, 4.69) is 0 Å². The minimum absolute atomic E-state index is 0.00109. The maximum absolute atomic E-state index is 12.2. The number of carbonyl (C=O) groups excluding carboxylic acids is 1. The zero-order chi connectivity index (χ0) is 16.4. The summed E-state index contributed by atoms with van der Waals surface area (Å²) in [5.74, 6) is -1.82. The van der Waals surface area contributed by atoms with Gasteiger partial charge in [-0.3, -0.25) is 0 Å². The molecule has 3 rings (SSSR count). The van der Waals surface area contributed by atoms with Crippen LogP contribution in [0.1, 0.15) is 20.7 Å². The number of hydrogen-bond donors (Lipinski definition) is 1. The van der Waals surface area contributed by atoms with Gasteiger partial charge in [-0.05, 0) is 41.1 Å². The number of carbonyl (C=O) groups is 2. The van der Waals surface area contributed by atoms with E-state index >= 15 is 0 Å². The predicted molar refractivity (Wildman–Crippen MR) is 87.3 cm³/mol. The number of aromatic carboxylic acids is 1. The molecule has 0 saturated heterocycles. The first-order valence-corrected chi connectivity index (χ1v) is 7.16. The van der Waals surface area contributed by atoms with Gasteiger partial charge in [0.1, 0.15) is 11.3 Å². The van der Waals surface area contributed by atoms with E-state index in [0.29, 0.717) is 5.02 Å². The van der Waals surface area contributed by atoms with Crippen molar-refractivity contribution in [2.24, 2.45) is 0 Å². The van der Waals surface area contributed by atoms with E-state index in [-0.39, 0.29) is 16.9 Å². The van der Waals surface area contributed by atoms with Crippen LogP contribution < -0.4 is 4.74 Å². The Labute approximate surface area is 136 Å². The van der Waals surface area contributed by atoms with E-state index in [0.717, 1.165) is 10.8 Å². The number of rotatable bonds is 3. The van der Waals surface area contributed by atoms with Gasteiger partial charge in [0, 0.05) is 5.02 Å². The standard InChI is InChI=1S/C18H11ClO4/c19-14-7-3-6-13(8-14)18(22)23-16-10-12-5-2-1-4-11(12)9-15(16)17(20)21/h1-10H,(H,20,21). The van der Waals surface area contributed by atoms with E-state index in [1.807, 2.05) is 18.2 Å². The lowest BCUT2D eigenvalue weighted by molar-refractivity contribution is 0.0682. The zero-order valence-corrected chi connectivity index (χ0v) is 12.6. The molecule has 0 aromatic heterocycles. The minimum atomic E-state index is -1.16. The van der Waals surface area contributed by atoms with Crippen LogP contribution in [0, 0.1) is 0 Å². The second kappa shape index (κ2) is 6.10. The topological polar surface area (TPSA) is 63.6 Å². The maximum atomic E-state index is 12.2. The Morgan fingerprint density at radius 3 is 2.26 bits per heavy atom. The van der Waals surface area contributed by atoms with Crippen molar-refractivity contribution in [3.8, 4) is 5.75 Å². The molecule has 0 saturated carbocycles. The van der Waals surface area contributed by atoms with Crippen molar-refractivity contribution < 1.29 is 19.4 Å². The summed E-state index contributed by atoms with van der Waals surface area (Å²) in [6.45, 7) is 0. The normalized spacial score (nSPS) is 10.5. The number of fused-ring (bicyclic) bond motifs is 1. The van der Waals surface area contributed by atoms with Gasteiger partial charge in [0.15, 0.2) is 0 Å². The summed E-state index contributed by atoms with van der Waals surface area (Å²) in [5, 5.41) is 11.3. The molecule has 0 bridgehead atoms. The summed E-state index contributed by atoms with van der Waals surface area (Å²) in [6.07, 6.45) is 0. The monoisotopic (exact) mass is 326 g/mol. The summed E-state index contributed by atoms with van der Waals surface area (Å²) in [4.78, 5) is 23.6. The largest absolute Gasteiger partial charge is 0.478 e. The molecule has 4 nitrogen and oxygen atoms in total. The number of benzene rings is 3. The highest BCUT2D eigenvalue weighted by molar-refractivity contribution is 6.30. The van der Waals surface area contributed by atoms with E-state index in [9.17, 15) is 14.7 Å². The van der Waals surface area contributed by atoms with Gasteiger partial charge in [-0.1, -0.05) is 41.9 Å². The zero-order valence-electron chi connectivity index (χ0n) is 11.8. The summed E-state index contributed by atoms with van der Waals surface area (Å²) in [7, 11) is 0. The Morgan fingerprint density at radius 1 is 0.913 bits per heavy atom. The van der Waals surface area contributed by atoms with Crippen LogP contribution in [0.15, 0.2) is 60.7 Å². The highest BCUT2D eigenvalue weighted by Gasteiger charge is 2.17. The first-order chi connectivity index (χ1) is 11.0. The Morgan fingerprint density at radius 2 is 1.61 bits per heavy atom. The maximum Gasteiger partial charge on any atom is 0.343 e. The molecule has 1 N–H and O–H groups in total. The average molecular weight is 327 g/mol. The third kappa shape index (κ3) is 3.17. The highest BCUT2D eigenvalue weighted by Crippen LogP contribution is 2.27. The molecule has 0 radical (unpaired) electrons. The van der Waals surface area contributed by atoms with E-state index in [1.54, 1.807) is 30.3 Å².